The number of halogens is 3. The van der Waals surface area contributed by atoms with E-state index in [1.54, 1.807) is 96.1 Å². The van der Waals surface area contributed by atoms with E-state index in [-0.39, 0.29) is 33.9 Å². The molecule has 6 N–H and O–H groups in total. The Morgan fingerprint density at radius 3 is 0.870 bits per heavy atom. The molecule has 3 aliphatic rings. The van der Waals surface area contributed by atoms with Crippen molar-refractivity contribution in [2.45, 2.75) is 173 Å². The molecule has 6 aromatic rings. The molecule has 33 nitrogen and oxygen atoms in total. The number of benzene rings is 3. The second kappa shape index (κ2) is 39.1. The quantitative estimate of drug-likeness (QED) is 0.0108. The molecule has 4 unspecified atom stereocenters. The van der Waals surface area contributed by atoms with E-state index in [0.717, 1.165) is 32.3 Å². The molecule has 3 aliphatic heterocycles. The van der Waals surface area contributed by atoms with Crippen LogP contribution in [0.3, 0.4) is 0 Å². The average molecular weight is 1640 g/mol. The highest BCUT2D eigenvalue weighted by atomic mass is 35.5. The minimum Gasteiger partial charge on any atom is -0.463 e. The molecule has 0 radical (unpaired) electrons. The molecule has 9 rings (SSSR count). The number of hydrogen-bond donors (Lipinski definition) is 6. The minimum atomic E-state index is -4.46. The normalized spacial score (nSPS) is 25.5. The summed E-state index contributed by atoms with van der Waals surface area (Å²) in [6.45, 7) is 9.54. The summed E-state index contributed by atoms with van der Waals surface area (Å²) in [6.07, 6.45) is -14.4. The summed E-state index contributed by atoms with van der Waals surface area (Å²) in [5, 5.41) is 28.1. The van der Waals surface area contributed by atoms with Gasteiger partial charge in [0.1, 0.15) is 70.0 Å². The molecule has 0 spiro atoms. The maximum absolute atomic E-state index is 13.9. The number of para-hydroxylation sites is 3. The first-order valence-electron chi connectivity index (χ1n) is 36.5. The van der Waals surface area contributed by atoms with Gasteiger partial charge in [0.05, 0.1) is 82.5 Å². The van der Waals surface area contributed by atoms with Crippen LogP contribution in [0.4, 0.5) is 0 Å². The first kappa shape index (κ1) is 78.8. The molecule has 0 aliphatic carbocycles. The fraction of sp³-hybridized carbons (Fsp3) is 0.522. The monoisotopic (exact) mass is 1640 g/mol. The van der Waals surface area contributed by atoms with Crippen molar-refractivity contribution >= 4 is 75.5 Å². The predicted octanol–water partition coefficient (Wildman–Crippen LogP) is 7.76. The van der Waals surface area contributed by atoms with Crippen LogP contribution in [0.5, 0.6) is 17.2 Å². The number of aliphatic hydroxyl groups is 3. The Morgan fingerprint density at radius 1 is 0.435 bits per heavy atom. The van der Waals surface area contributed by atoms with Gasteiger partial charge in [-0.3, -0.25) is 71.0 Å². The van der Waals surface area contributed by atoms with Gasteiger partial charge >= 0.3 is 57.8 Å². The number of hydrogen-bond acceptors (Lipinski definition) is 27. The Kier molecular flexibility index (Phi) is 28.5. The van der Waals surface area contributed by atoms with Gasteiger partial charge in [0.2, 0.25) is 0 Å². The first-order chi connectivity index (χ1) is 52.9. The molecular formula is C69H90Cl3N6O27P3. The number of carbonyl (C=O) groups is 3. The molecule has 0 saturated carbocycles. The zero-order chi connectivity index (χ0) is 85.2. The summed E-state index contributed by atoms with van der Waals surface area (Å²) in [5.74, 6) is -4.81. The molecule has 3 aromatic carbocycles. The van der Waals surface area contributed by atoms with E-state index in [1.165, 1.54) is 77.9 Å². The minimum absolute atomic E-state index is 0.0901. The number of aromatic nitrogens is 6. The number of aromatic amines is 3. The molecule has 3 fully saturated rings. The lowest BCUT2D eigenvalue weighted by Crippen LogP contribution is -2.36. The number of nitrogens with one attached hydrogen (secondary N) is 3. The third-order valence-corrected chi connectivity index (χ3v) is 22.5. The molecule has 0 bridgehead atoms. The van der Waals surface area contributed by atoms with Crippen molar-refractivity contribution in [3.05, 3.63) is 189 Å². The number of esters is 3. The van der Waals surface area contributed by atoms with Crippen molar-refractivity contribution in [2.24, 2.45) is 17.8 Å². The zero-order valence-electron chi connectivity index (χ0n) is 66.4. The van der Waals surface area contributed by atoms with Gasteiger partial charge in [-0.25, -0.2) is 28.1 Å². The van der Waals surface area contributed by atoms with Crippen LogP contribution in [-0.4, -0.2) is 171 Å². The summed E-state index contributed by atoms with van der Waals surface area (Å²) in [5.41, 5.74) is -4.10. The zero-order valence-corrected chi connectivity index (χ0v) is 65.3. The van der Waals surface area contributed by atoms with Gasteiger partial charge in [0.15, 0.2) is 18.7 Å². The van der Waals surface area contributed by atoms with Crippen molar-refractivity contribution in [1.82, 2.24) is 28.7 Å². The Bertz CT molecular complexity index is 4380. The fourth-order valence-electron chi connectivity index (χ4n) is 10.1. The largest absolute Gasteiger partial charge is 0.463 e. The molecule has 108 heavy (non-hydrogen) atoms. The van der Waals surface area contributed by atoms with Crippen LogP contribution < -0.4 is 47.3 Å². The Labute approximate surface area is 643 Å². The maximum Gasteiger partial charge on any atom is 0.380 e. The number of aliphatic hydroxyl groups excluding tert-OH is 3. The maximum atomic E-state index is 13.9. The van der Waals surface area contributed by atoms with Gasteiger partial charge in [-0.15, -0.1) is 34.8 Å². The Balaban J connectivity index is 0.000000237. The molecule has 3 saturated heterocycles. The van der Waals surface area contributed by atoms with Crippen LogP contribution in [0.15, 0.2) is 138 Å². The van der Waals surface area contributed by atoms with Crippen LogP contribution in [0.1, 0.15) is 106 Å². The summed E-state index contributed by atoms with van der Waals surface area (Å²) >= 11 is 18.9. The molecule has 3 aromatic heterocycles. The van der Waals surface area contributed by atoms with E-state index in [1.807, 2.05) is 0 Å². The standard InChI is InChI=1S/3C23H30ClN2O9P/c3*1-13(2)33-22(29)15(4)12-36(31,35-16-8-6-5-7-9-16)32-11-17-19(27)18(24)21(34-17)26-10-14(3)20(28)25-23(26)30/h3*5-10,13,15,17-19,21,27H,11-12H2,1-4H3,(H,25,28,30)/t15-,17+,18-,19?,21+,36?;15-,17+,18-,19?,21+,36+;15-,17+,18-,19?,21+,36-/m111/s1/i3*11D2. The lowest BCUT2D eigenvalue weighted by molar-refractivity contribution is -0.152. The summed E-state index contributed by atoms with van der Waals surface area (Å²) in [7, 11) is -13.4. The van der Waals surface area contributed by atoms with Gasteiger partial charge in [-0.05, 0) is 98.7 Å². The van der Waals surface area contributed by atoms with E-state index in [0.29, 0.717) is 0 Å². The summed E-state index contributed by atoms with van der Waals surface area (Å²) < 4.78 is 160. The van der Waals surface area contributed by atoms with Gasteiger partial charge in [0, 0.05) is 35.3 Å². The van der Waals surface area contributed by atoms with E-state index in [4.69, 9.17) is 98.6 Å². The van der Waals surface area contributed by atoms with Crippen LogP contribution in [0.2, 0.25) is 0 Å². The number of nitrogens with zero attached hydrogens (tertiary/aromatic N) is 3. The lowest BCUT2D eigenvalue weighted by Gasteiger charge is -2.24. The van der Waals surface area contributed by atoms with Gasteiger partial charge in [0.25, 0.3) is 16.7 Å². The van der Waals surface area contributed by atoms with E-state index in [9.17, 15) is 72.2 Å². The molecule has 6 heterocycles. The first-order valence-corrected chi connectivity index (χ1v) is 40.0. The SMILES string of the molecule is [2H]C([2H])(OP(=O)(C[C@@H](C)C(=O)OC(C)C)Oc1ccccc1)[C@@H]1O[C@H](n2cc(C)c(=O)[nH]c2=O)[C@H](Cl)C1O.[2H]C([2H])(O[P@@](=O)(C[C@@H](C)C(=O)OC(C)C)Oc1ccccc1)[C@@H]1O[C@H](n2cc(C)c(=O)[nH]c2=O)[C@H](Cl)C1O.[2H]C([2H])(O[P@](=O)(C[C@@H](C)C(=O)OC(C)C)Oc1ccccc1)[C@@H]1O[C@H](n2cc(C)c(=O)[nH]c2=O)[C@H](Cl)C1O. The predicted molar refractivity (Wildman–Crippen MR) is 395 cm³/mol. The van der Waals surface area contributed by atoms with Gasteiger partial charge < -0.3 is 57.3 Å². The van der Waals surface area contributed by atoms with Crippen LogP contribution in [0.25, 0.3) is 0 Å². The van der Waals surface area contributed by atoms with Gasteiger partial charge in [-0.1, -0.05) is 75.4 Å². The van der Waals surface area contributed by atoms with Crippen molar-refractivity contribution < 1.29 is 107 Å². The van der Waals surface area contributed by atoms with Gasteiger partial charge in [-0.2, -0.15) is 0 Å². The third kappa shape index (κ3) is 24.4. The van der Waals surface area contributed by atoms with Crippen molar-refractivity contribution in [1.29, 1.82) is 0 Å². The summed E-state index contributed by atoms with van der Waals surface area (Å²) in [6, 6.07) is 23.5. The number of alkyl halides is 3. The highest BCUT2D eigenvalue weighted by Gasteiger charge is 2.49. The number of ether oxygens (including phenoxy) is 6. The number of carbonyl (C=O) groups excluding carboxylic acids is 3. The molecule has 39 heteroatoms. The van der Waals surface area contributed by atoms with Crippen LogP contribution >= 0.6 is 57.6 Å². The Morgan fingerprint density at radius 2 is 0.657 bits per heavy atom. The Hall–Kier alpha value is -7.29. The van der Waals surface area contributed by atoms with Crippen LogP contribution in [0, 0.1) is 38.5 Å². The van der Waals surface area contributed by atoms with E-state index in [2.05, 4.69) is 15.0 Å². The van der Waals surface area contributed by atoms with Crippen LogP contribution in [-0.2, 0) is 70.1 Å². The highest BCUT2D eigenvalue weighted by molar-refractivity contribution is 7.55. The molecular weight excluding hydrogens is 1540 g/mol. The number of rotatable bonds is 30. The van der Waals surface area contributed by atoms with Crippen molar-refractivity contribution in [3.63, 3.8) is 0 Å². The van der Waals surface area contributed by atoms with E-state index < -0.39 is 220 Å². The second-order valence-electron chi connectivity index (χ2n) is 26.0. The average Bonchev–Trinajstić information content (AvgIpc) is 1.69. The number of aryl methyl sites for hydroxylation is 3. The number of H-pyrrole nitrogens is 3. The van der Waals surface area contributed by atoms with E-state index >= 15 is 0 Å². The molecule has 18 atom stereocenters. The lowest BCUT2D eigenvalue weighted by atomic mass is 10.2. The molecule has 0 amide bonds. The van der Waals surface area contributed by atoms with Crippen molar-refractivity contribution in [3.8, 4) is 17.2 Å². The topological polar surface area (TPSA) is 438 Å². The molecule has 594 valence electrons. The third-order valence-electron chi connectivity index (χ3n) is 15.5. The second-order valence-corrected chi connectivity index (χ2v) is 33.3. The fourth-order valence-corrected chi connectivity index (χ4v) is 16.2. The summed E-state index contributed by atoms with van der Waals surface area (Å²) in [4.78, 5) is 116. The van der Waals surface area contributed by atoms with Crippen molar-refractivity contribution in [2.75, 3.05) is 38.2 Å². The smallest absolute Gasteiger partial charge is 0.380 e. The highest BCUT2D eigenvalue weighted by Crippen LogP contribution is 2.54.